The zero-order chi connectivity index (χ0) is 14.9. The molecule has 2 aromatic carbocycles. The average molecular weight is 345 g/mol. The highest BCUT2D eigenvalue weighted by Crippen LogP contribution is 2.32. The van der Waals surface area contributed by atoms with Crippen LogP contribution in [0, 0.1) is 24.4 Å². The molecule has 0 bridgehead atoms. The summed E-state index contributed by atoms with van der Waals surface area (Å²) in [6, 6.07) is 6.07. The third-order valence-electron chi connectivity index (χ3n) is 3.09. The summed E-state index contributed by atoms with van der Waals surface area (Å²) < 4.78 is 39.9. The molecule has 0 aliphatic carbocycles. The monoisotopic (exact) mass is 344 g/mol. The van der Waals surface area contributed by atoms with Crippen molar-refractivity contribution in [3.63, 3.8) is 0 Å². The number of aryl methyl sites for hydroxylation is 1. The van der Waals surface area contributed by atoms with Crippen LogP contribution < -0.4 is 11.3 Å². The summed E-state index contributed by atoms with van der Waals surface area (Å²) in [6.45, 7) is 1.72. The normalized spacial score (nSPS) is 12.5. The third-order valence-corrected chi connectivity index (χ3v) is 3.89. The number of benzene rings is 2. The number of nitrogens with two attached hydrogens (primary N) is 1. The summed E-state index contributed by atoms with van der Waals surface area (Å²) in [5.74, 6) is 3.22. The van der Waals surface area contributed by atoms with Crippen LogP contribution in [0.4, 0.5) is 13.2 Å². The van der Waals surface area contributed by atoms with Crippen LogP contribution >= 0.6 is 15.9 Å². The number of hydrazine groups is 1. The highest BCUT2D eigenvalue weighted by molar-refractivity contribution is 9.10. The summed E-state index contributed by atoms with van der Waals surface area (Å²) in [5.41, 5.74) is 4.31. The van der Waals surface area contributed by atoms with Gasteiger partial charge in [0.2, 0.25) is 0 Å². The van der Waals surface area contributed by atoms with Gasteiger partial charge in [-0.15, -0.1) is 0 Å². The Bertz CT molecular complexity index is 647. The first-order valence-electron chi connectivity index (χ1n) is 5.81. The van der Waals surface area contributed by atoms with E-state index in [-0.39, 0.29) is 10.3 Å². The fraction of sp³-hybridized carbons (Fsp3) is 0.143. The third kappa shape index (κ3) is 2.72. The van der Waals surface area contributed by atoms with Gasteiger partial charge in [-0.3, -0.25) is 5.84 Å². The van der Waals surface area contributed by atoms with Crippen molar-refractivity contribution in [1.29, 1.82) is 0 Å². The highest BCUT2D eigenvalue weighted by atomic mass is 79.9. The summed E-state index contributed by atoms with van der Waals surface area (Å²) in [7, 11) is 0. The first-order chi connectivity index (χ1) is 9.45. The van der Waals surface area contributed by atoms with E-state index in [4.69, 9.17) is 5.84 Å². The number of halogens is 4. The molecule has 20 heavy (non-hydrogen) atoms. The molecular formula is C14H12BrF3N2. The van der Waals surface area contributed by atoms with E-state index in [0.29, 0.717) is 16.7 Å². The van der Waals surface area contributed by atoms with Crippen LogP contribution in [0.1, 0.15) is 22.7 Å². The van der Waals surface area contributed by atoms with Crippen LogP contribution in [0.15, 0.2) is 34.8 Å². The topological polar surface area (TPSA) is 38.0 Å². The van der Waals surface area contributed by atoms with Crippen LogP contribution in [0.3, 0.4) is 0 Å². The van der Waals surface area contributed by atoms with Gasteiger partial charge < -0.3 is 0 Å². The largest absolute Gasteiger partial charge is 0.271 e. The minimum Gasteiger partial charge on any atom is -0.271 e. The first-order valence-corrected chi connectivity index (χ1v) is 6.60. The van der Waals surface area contributed by atoms with Crippen molar-refractivity contribution >= 4 is 15.9 Å². The van der Waals surface area contributed by atoms with Crippen molar-refractivity contribution < 1.29 is 13.2 Å². The highest BCUT2D eigenvalue weighted by Gasteiger charge is 2.21. The molecular weight excluding hydrogens is 333 g/mol. The quantitative estimate of drug-likeness (QED) is 0.505. The van der Waals surface area contributed by atoms with E-state index in [1.165, 1.54) is 18.2 Å². The van der Waals surface area contributed by atoms with Gasteiger partial charge in [-0.1, -0.05) is 12.1 Å². The van der Waals surface area contributed by atoms with Gasteiger partial charge in [0.1, 0.15) is 5.82 Å². The summed E-state index contributed by atoms with van der Waals surface area (Å²) >= 11 is 3.02. The minimum absolute atomic E-state index is 0.0100. The van der Waals surface area contributed by atoms with Gasteiger partial charge in [0, 0.05) is 0 Å². The lowest BCUT2D eigenvalue weighted by Crippen LogP contribution is -2.30. The number of rotatable bonds is 3. The maximum atomic E-state index is 13.6. The van der Waals surface area contributed by atoms with Crippen molar-refractivity contribution in [2.24, 2.45) is 5.84 Å². The van der Waals surface area contributed by atoms with Gasteiger partial charge in [-0.05, 0) is 57.7 Å². The summed E-state index contributed by atoms with van der Waals surface area (Å²) in [6.07, 6.45) is 0. The van der Waals surface area contributed by atoms with E-state index >= 15 is 0 Å². The summed E-state index contributed by atoms with van der Waals surface area (Å²) in [4.78, 5) is 0. The molecule has 6 heteroatoms. The van der Waals surface area contributed by atoms with Crippen molar-refractivity contribution in [2.75, 3.05) is 0 Å². The lowest BCUT2D eigenvalue weighted by molar-refractivity contribution is 0.498. The Balaban J connectivity index is 2.55. The van der Waals surface area contributed by atoms with E-state index in [1.54, 1.807) is 13.0 Å². The van der Waals surface area contributed by atoms with Crippen LogP contribution in [0.5, 0.6) is 0 Å². The molecule has 2 aromatic rings. The molecule has 0 aliphatic heterocycles. The lowest BCUT2D eigenvalue weighted by Gasteiger charge is -2.20. The second kappa shape index (κ2) is 5.95. The number of nitrogens with one attached hydrogen (secondary N) is 1. The minimum atomic E-state index is -0.984. The molecule has 0 fully saturated rings. The van der Waals surface area contributed by atoms with Gasteiger partial charge in [0.05, 0.1) is 10.5 Å². The summed E-state index contributed by atoms with van der Waals surface area (Å²) in [5, 5.41) is 0. The predicted octanol–water partition coefficient (Wildman–Crippen LogP) is 3.73. The van der Waals surface area contributed by atoms with Crippen molar-refractivity contribution in [3.8, 4) is 0 Å². The zero-order valence-corrected chi connectivity index (χ0v) is 12.1. The second-order valence-electron chi connectivity index (χ2n) is 4.37. The molecule has 0 aromatic heterocycles. The number of hydrogen-bond acceptors (Lipinski definition) is 2. The molecule has 2 rings (SSSR count). The van der Waals surface area contributed by atoms with Crippen LogP contribution in [-0.2, 0) is 0 Å². The van der Waals surface area contributed by atoms with Crippen molar-refractivity contribution in [3.05, 3.63) is 68.9 Å². The van der Waals surface area contributed by atoms with Crippen molar-refractivity contribution in [1.82, 2.24) is 5.43 Å². The van der Waals surface area contributed by atoms with Gasteiger partial charge in [-0.25, -0.2) is 18.6 Å². The van der Waals surface area contributed by atoms with Gasteiger partial charge in [0.25, 0.3) is 0 Å². The fourth-order valence-electron chi connectivity index (χ4n) is 2.07. The van der Waals surface area contributed by atoms with Crippen molar-refractivity contribution in [2.45, 2.75) is 13.0 Å². The zero-order valence-electron chi connectivity index (χ0n) is 10.6. The molecule has 0 saturated carbocycles. The lowest BCUT2D eigenvalue weighted by atomic mass is 9.95. The Labute approximate surface area is 122 Å². The maximum Gasteiger partial charge on any atom is 0.173 e. The number of hydrogen-bond donors (Lipinski definition) is 2. The van der Waals surface area contributed by atoms with E-state index in [2.05, 4.69) is 21.4 Å². The van der Waals surface area contributed by atoms with Gasteiger partial charge in [0.15, 0.2) is 11.6 Å². The Morgan fingerprint density at radius 2 is 1.75 bits per heavy atom. The second-order valence-corrected chi connectivity index (χ2v) is 5.16. The molecule has 106 valence electrons. The molecule has 0 aliphatic rings. The molecule has 1 unspecified atom stereocenters. The SMILES string of the molecule is Cc1cc(F)ccc1C(NN)c1ccc(F)c(F)c1Br. The van der Waals surface area contributed by atoms with Crippen LogP contribution in [0.2, 0.25) is 0 Å². The molecule has 0 heterocycles. The van der Waals surface area contributed by atoms with E-state index < -0.39 is 17.7 Å². The Kier molecular flexibility index (Phi) is 4.47. The molecule has 2 nitrogen and oxygen atoms in total. The molecule has 0 saturated heterocycles. The van der Waals surface area contributed by atoms with Crippen LogP contribution in [-0.4, -0.2) is 0 Å². The molecule has 0 spiro atoms. The Morgan fingerprint density at radius 3 is 2.35 bits per heavy atom. The predicted molar refractivity (Wildman–Crippen MR) is 74.4 cm³/mol. The Morgan fingerprint density at radius 1 is 1.10 bits per heavy atom. The fourth-order valence-corrected chi connectivity index (χ4v) is 2.62. The van der Waals surface area contributed by atoms with E-state index in [9.17, 15) is 13.2 Å². The smallest absolute Gasteiger partial charge is 0.173 e. The standard InChI is InChI=1S/C14H12BrF3N2/c1-7-6-8(16)2-3-9(7)14(20-19)10-4-5-11(17)13(18)12(10)15/h2-6,14,20H,19H2,1H3. The molecule has 0 radical (unpaired) electrons. The molecule has 3 N–H and O–H groups in total. The van der Waals surface area contributed by atoms with Gasteiger partial charge >= 0.3 is 0 Å². The average Bonchev–Trinajstić information content (AvgIpc) is 2.41. The van der Waals surface area contributed by atoms with Gasteiger partial charge in [-0.2, -0.15) is 0 Å². The van der Waals surface area contributed by atoms with E-state index in [0.717, 1.165) is 6.07 Å². The van der Waals surface area contributed by atoms with Crippen LogP contribution in [0.25, 0.3) is 0 Å². The Hall–Kier alpha value is -1.37. The molecule has 1 atom stereocenters. The van der Waals surface area contributed by atoms with E-state index in [1.807, 2.05) is 0 Å². The maximum absolute atomic E-state index is 13.6. The first kappa shape index (κ1) is 15.0. The molecule has 0 amide bonds.